The molecule has 0 bridgehead atoms. The molecule has 0 saturated heterocycles. The van der Waals surface area contributed by atoms with Crippen LogP contribution in [0.4, 0.5) is 5.69 Å². The van der Waals surface area contributed by atoms with Gasteiger partial charge in [-0.05, 0) is 54.6 Å². The third-order valence-corrected chi connectivity index (χ3v) is 11.3. The summed E-state index contributed by atoms with van der Waals surface area (Å²) in [7, 11) is -1.16. The Labute approximate surface area is 173 Å². The van der Waals surface area contributed by atoms with Gasteiger partial charge in [0.2, 0.25) is 0 Å². The normalized spacial score (nSPS) is 12.5. The number of hydrogen-bond donors (Lipinski definition) is 1. The first-order chi connectivity index (χ1) is 13.1. The van der Waals surface area contributed by atoms with E-state index in [4.69, 9.17) is 10.5 Å². The highest BCUT2D eigenvalue weighted by Crippen LogP contribution is 2.38. The second-order valence-electron chi connectivity index (χ2n) is 9.48. The standard InChI is InChI=1S/C24H41NO2Si/c1-24(2,3)28(4,5)20-14-12-10-8-6-7-9-11-13-19-27-23(26)21-15-17-22(25)18-16-21/h12,14-18H,6-11,13,19-20,25H2,1-5H3/b14-12+. The van der Waals surface area contributed by atoms with Crippen LogP contribution in [0.3, 0.4) is 0 Å². The molecule has 0 aliphatic heterocycles. The van der Waals surface area contributed by atoms with Gasteiger partial charge in [-0.3, -0.25) is 0 Å². The fraction of sp³-hybridized carbons (Fsp3) is 0.625. The van der Waals surface area contributed by atoms with E-state index in [9.17, 15) is 4.79 Å². The van der Waals surface area contributed by atoms with Gasteiger partial charge >= 0.3 is 5.97 Å². The first-order valence-corrected chi connectivity index (χ1v) is 14.0. The molecule has 0 amide bonds. The molecular weight excluding hydrogens is 362 g/mol. The van der Waals surface area contributed by atoms with Crippen molar-refractivity contribution in [3.8, 4) is 0 Å². The SMILES string of the molecule is CC(C)(C)[Si](C)(C)C/C=C/CCCCCCCCOC(=O)c1ccc(N)cc1. The largest absolute Gasteiger partial charge is 0.462 e. The van der Waals surface area contributed by atoms with Crippen LogP contribution in [0.1, 0.15) is 76.1 Å². The van der Waals surface area contributed by atoms with Gasteiger partial charge in [0.05, 0.1) is 20.2 Å². The minimum Gasteiger partial charge on any atom is -0.462 e. The molecule has 1 aromatic carbocycles. The molecule has 2 N–H and O–H groups in total. The molecule has 0 aliphatic carbocycles. The molecule has 158 valence electrons. The smallest absolute Gasteiger partial charge is 0.338 e. The third kappa shape index (κ3) is 9.58. The van der Waals surface area contributed by atoms with E-state index in [0.717, 1.165) is 12.8 Å². The number of hydrogen-bond acceptors (Lipinski definition) is 3. The highest BCUT2D eigenvalue weighted by molar-refractivity contribution is 6.80. The summed E-state index contributed by atoms with van der Waals surface area (Å²) in [4.78, 5) is 11.9. The van der Waals surface area contributed by atoms with E-state index in [2.05, 4.69) is 46.0 Å². The summed E-state index contributed by atoms with van der Waals surface area (Å²) in [5.74, 6) is -0.260. The number of nitrogens with two attached hydrogens (primary N) is 1. The van der Waals surface area contributed by atoms with E-state index in [-0.39, 0.29) is 5.97 Å². The second-order valence-corrected chi connectivity index (χ2v) is 15.2. The highest BCUT2D eigenvalue weighted by atomic mass is 28.3. The van der Waals surface area contributed by atoms with Crippen molar-refractivity contribution in [2.75, 3.05) is 12.3 Å². The van der Waals surface area contributed by atoms with E-state index >= 15 is 0 Å². The minimum atomic E-state index is -1.16. The zero-order chi connectivity index (χ0) is 21.0. The fourth-order valence-electron chi connectivity index (χ4n) is 2.74. The number of unbranched alkanes of at least 4 members (excludes halogenated alkanes) is 6. The molecule has 0 spiro atoms. The second kappa shape index (κ2) is 12.1. The molecule has 0 saturated carbocycles. The molecule has 1 aromatic rings. The van der Waals surface area contributed by atoms with Crippen molar-refractivity contribution in [1.29, 1.82) is 0 Å². The average Bonchev–Trinajstić information content (AvgIpc) is 2.62. The van der Waals surface area contributed by atoms with E-state index < -0.39 is 8.07 Å². The van der Waals surface area contributed by atoms with Crippen LogP contribution in [0.25, 0.3) is 0 Å². The van der Waals surface area contributed by atoms with Crippen molar-refractivity contribution in [3.63, 3.8) is 0 Å². The maximum absolute atomic E-state index is 11.9. The lowest BCUT2D eigenvalue weighted by atomic mass is 10.1. The van der Waals surface area contributed by atoms with Gasteiger partial charge in [0.1, 0.15) is 0 Å². The Kier molecular flexibility index (Phi) is 10.6. The molecule has 28 heavy (non-hydrogen) atoms. The third-order valence-electron chi connectivity index (χ3n) is 5.97. The van der Waals surface area contributed by atoms with Crippen LogP contribution in [-0.4, -0.2) is 20.7 Å². The summed E-state index contributed by atoms with van der Waals surface area (Å²) in [6.07, 6.45) is 13.1. The first kappa shape index (κ1) is 24.5. The maximum atomic E-state index is 11.9. The van der Waals surface area contributed by atoms with Gasteiger partial charge in [-0.2, -0.15) is 0 Å². The molecule has 0 radical (unpaired) electrons. The van der Waals surface area contributed by atoms with Crippen LogP contribution in [0.15, 0.2) is 36.4 Å². The number of esters is 1. The number of carbonyl (C=O) groups is 1. The minimum absolute atomic E-state index is 0.260. The van der Waals surface area contributed by atoms with Crippen LogP contribution in [-0.2, 0) is 4.74 Å². The Morgan fingerprint density at radius 1 is 0.964 bits per heavy atom. The van der Waals surface area contributed by atoms with E-state index in [1.165, 1.54) is 38.1 Å². The lowest BCUT2D eigenvalue weighted by Crippen LogP contribution is -2.36. The molecule has 1 rings (SSSR count). The Hall–Kier alpha value is -1.55. The number of anilines is 1. The summed E-state index contributed by atoms with van der Waals surface area (Å²) in [6, 6.07) is 8.14. The predicted octanol–water partition coefficient (Wildman–Crippen LogP) is 7.22. The summed E-state index contributed by atoms with van der Waals surface area (Å²) >= 11 is 0. The van der Waals surface area contributed by atoms with Crippen LogP contribution >= 0.6 is 0 Å². The Morgan fingerprint density at radius 2 is 1.54 bits per heavy atom. The van der Waals surface area contributed by atoms with E-state index in [1.54, 1.807) is 24.3 Å². The van der Waals surface area contributed by atoms with Crippen molar-refractivity contribution in [1.82, 2.24) is 0 Å². The molecule has 4 heteroatoms. The molecule has 0 fully saturated rings. The molecule has 0 aromatic heterocycles. The Balaban J connectivity index is 1.99. The van der Waals surface area contributed by atoms with Gasteiger partial charge < -0.3 is 10.5 Å². The molecule has 0 aliphatic rings. The summed E-state index contributed by atoms with van der Waals surface area (Å²) in [5, 5.41) is 0.473. The van der Waals surface area contributed by atoms with Crippen molar-refractivity contribution in [2.45, 2.75) is 89.9 Å². The lowest BCUT2D eigenvalue weighted by Gasteiger charge is -2.36. The number of rotatable bonds is 12. The highest BCUT2D eigenvalue weighted by Gasteiger charge is 2.33. The van der Waals surface area contributed by atoms with Gasteiger partial charge in [0, 0.05) is 5.69 Å². The molecular formula is C24H41NO2Si. The molecule has 3 nitrogen and oxygen atoms in total. The van der Waals surface area contributed by atoms with Crippen LogP contribution in [0.5, 0.6) is 0 Å². The zero-order valence-corrected chi connectivity index (χ0v) is 19.7. The van der Waals surface area contributed by atoms with Crippen molar-refractivity contribution in [3.05, 3.63) is 42.0 Å². The van der Waals surface area contributed by atoms with Gasteiger partial charge in [0.15, 0.2) is 0 Å². The van der Waals surface area contributed by atoms with Gasteiger partial charge in [0.25, 0.3) is 0 Å². The molecule has 0 unspecified atom stereocenters. The van der Waals surface area contributed by atoms with Crippen molar-refractivity contribution < 1.29 is 9.53 Å². The number of carbonyl (C=O) groups excluding carboxylic acids is 1. The van der Waals surface area contributed by atoms with Crippen LogP contribution in [0.2, 0.25) is 24.2 Å². The number of nitrogen functional groups attached to an aromatic ring is 1. The van der Waals surface area contributed by atoms with Gasteiger partial charge in [-0.25, -0.2) is 4.79 Å². The fourth-order valence-corrected chi connectivity index (χ4v) is 4.11. The Bertz CT molecular complexity index is 600. The summed E-state index contributed by atoms with van der Waals surface area (Å²) in [6.45, 7) is 12.6. The zero-order valence-electron chi connectivity index (χ0n) is 18.7. The molecule has 0 heterocycles. The lowest BCUT2D eigenvalue weighted by molar-refractivity contribution is 0.0497. The van der Waals surface area contributed by atoms with Gasteiger partial charge in [-0.15, -0.1) is 0 Å². The van der Waals surface area contributed by atoms with Crippen molar-refractivity contribution in [2.24, 2.45) is 0 Å². The predicted molar refractivity (Wildman–Crippen MR) is 125 cm³/mol. The number of ether oxygens (including phenoxy) is 1. The van der Waals surface area contributed by atoms with Crippen molar-refractivity contribution >= 4 is 19.7 Å². The number of benzene rings is 1. The Morgan fingerprint density at radius 3 is 2.14 bits per heavy atom. The summed E-state index contributed by atoms with van der Waals surface area (Å²) < 4.78 is 5.31. The monoisotopic (exact) mass is 403 g/mol. The quantitative estimate of drug-likeness (QED) is 0.132. The maximum Gasteiger partial charge on any atom is 0.338 e. The average molecular weight is 404 g/mol. The van der Waals surface area contributed by atoms with E-state index in [0.29, 0.717) is 22.9 Å². The summed E-state index contributed by atoms with van der Waals surface area (Å²) in [5.41, 5.74) is 6.84. The van der Waals surface area contributed by atoms with E-state index in [1.807, 2.05) is 0 Å². The van der Waals surface area contributed by atoms with Crippen LogP contribution in [0, 0.1) is 0 Å². The van der Waals surface area contributed by atoms with Gasteiger partial charge in [-0.1, -0.05) is 71.7 Å². The number of allylic oxidation sites excluding steroid dienone is 2. The topological polar surface area (TPSA) is 52.3 Å². The first-order valence-electron chi connectivity index (χ1n) is 10.8. The van der Waals surface area contributed by atoms with Crippen LogP contribution < -0.4 is 5.73 Å². The molecule has 0 atom stereocenters.